The zero-order chi connectivity index (χ0) is 73.0. The molecule has 28 heteroatoms. The maximum Gasteiger partial charge on any atom is 0.318 e. The molecule has 27 nitrogen and oxygen atoms in total. The number of amides is 12. The van der Waals surface area contributed by atoms with Crippen molar-refractivity contribution in [2.45, 2.75) is 234 Å². The van der Waals surface area contributed by atoms with Crippen molar-refractivity contribution < 1.29 is 72.5 Å². The average Bonchev–Trinajstić information content (AvgIpc) is 1.74. The van der Waals surface area contributed by atoms with E-state index >= 15 is 33.6 Å². The summed E-state index contributed by atoms with van der Waals surface area (Å²) in [7, 11) is 9.67. The Bertz CT molecular complexity index is 2710. The highest BCUT2D eigenvalue weighted by Gasteiger charge is 2.51. The number of carbonyl (C=O) groups excluding carboxylic acids is 12. The number of hydrogen-bond acceptors (Lipinski definition) is 16. The predicted octanol–water partition coefficient (Wildman–Crippen LogP) is 3.41. The molecule has 2 bridgehead atoms. The number of aliphatic carboxylic acids is 1. The second-order valence-corrected chi connectivity index (χ2v) is 29.1. The fourth-order valence-corrected chi connectivity index (χ4v) is 13.3. The number of carboxylic acid groups (broad SMARTS) is 1. The average molecular weight is 1360 g/mol. The van der Waals surface area contributed by atoms with Gasteiger partial charge in [-0.05, 0) is 94.8 Å². The molecule has 2 heterocycles. The maximum absolute atomic E-state index is 15.6. The van der Waals surface area contributed by atoms with E-state index in [9.17, 15) is 33.9 Å². The Morgan fingerprint density at radius 3 is 1.71 bits per heavy atom. The molecular formula is C67H116N12O15S. The molecule has 0 saturated carbocycles. The lowest BCUT2D eigenvalue weighted by Crippen LogP contribution is -2.69. The van der Waals surface area contributed by atoms with Gasteiger partial charge in [0.1, 0.15) is 48.3 Å². The molecule has 2 saturated heterocycles. The fraction of sp³-hybridized carbons (Fsp3) is 0.776. The number of carbonyl (C=O) groups is 13. The van der Waals surface area contributed by atoms with Gasteiger partial charge in [0.25, 0.3) is 11.8 Å². The molecule has 540 valence electrons. The van der Waals surface area contributed by atoms with Crippen LogP contribution in [0.2, 0.25) is 0 Å². The Morgan fingerprint density at radius 2 is 1.20 bits per heavy atom. The summed E-state index contributed by atoms with van der Waals surface area (Å²) in [5, 5.41) is 32.8. The van der Waals surface area contributed by atoms with Crippen LogP contribution in [-0.4, -0.2) is 266 Å². The van der Waals surface area contributed by atoms with Gasteiger partial charge in [-0.2, -0.15) is 11.8 Å². The first kappa shape index (κ1) is 84.4. The van der Waals surface area contributed by atoms with Crippen LogP contribution in [0.25, 0.3) is 0 Å². The number of aldehydes is 1. The number of imide groups is 1. The summed E-state index contributed by atoms with van der Waals surface area (Å²) in [6, 6.07) is -13.8. The highest BCUT2D eigenvalue weighted by Crippen LogP contribution is 2.30. The number of thioether (sulfide) groups is 1. The van der Waals surface area contributed by atoms with Crippen LogP contribution in [0.1, 0.15) is 162 Å². The van der Waals surface area contributed by atoms with Crippen LogP contribution in [0.3, 0.4) is 0 Å². The lowest BCUT2D eigenvalue weighted by molar-refractivity contribution is -0.157. The van der Waals surface area contributed by atoms with E-state index in [1.165, 1.54) is 71.0 Å². The number of carboxylic acids is 1. The molecule has 0 aromatic rings. The van der Waals surface area contributed by atoms with E-state index < -0.39 is 167 Å². The Morgan fingerprint density at radius 1 is 0.653 bits per heavy atom. The SMILES string of the molecule is C/C=C/C[C@@H](C)[C@@H](O)[C@@H]1C(=O)N[C@@H](CCC)C(=O)N(C)[C@H](CSCCNC(=O)CCC(=O)O)C(=O)N(C)[C@](C=O)(CC(C)C)N[C@H](C(C)C)C(=O)N(C)[C@H]2CC(C)N(C(=O)C(C)NC(=O)N(C)[C@H](CC(C)C)C(=O)N(C)[C@H](CC(C)C)C(=O)N(C)[C@H](C(C)C)C(=O)N1C)C2=O. The number of nitrogens with one attached hydrogen (secondary N) is 4. The summed E-state index contributed by atoms with van der Waals surface area (Å²) in [6.45, 7) is 26.1. The summed E-state index contributed by atoms with van der Waals surface area (Å²) in [4.78, 5) is 197. The van der Waals surface area contributed by atoms with Crippen molar-refractivity contribution in [3.05, 3.63) is 12.2 Å². The second-order valence-electron chi connectivity index (χ2n) is 28.0. The van der Waals surface area contributed by atoms with Crippen LogP contribution in [0.15, 0.2) is 12.2 Å². The molecule has 95 heavy (non-hydrogen) atoms. The number of aliphatic hydroxyl groups excluding tert-OH is 1. The Balaban J connectivity index is 3.17. The highest BCUT2D eigenvalue weighted by atomic mass is 32.2. The molecule has 0 aliphatic carbocycles. The van der Waals surface area contributed by atoms with Crippen LogP contribution in [-0.2, 0) is 57.5 Å². The van der Waals surface area contributed by atoms with Crippen molar-refractivity contribution in [3.63, 3.8) is 0 Å². The van der Waals surface area contributed by atoms with E-state index in [4.69, 9.17) is 5.11 Å². The van der Waals surface area contributed by atoms with E-state index in [1.54, 1.807) is 81.4 Å². The monoisotopic (exact) mass is 1360 g/mol. The van der Waals surface area contributed by atoms with Gasteiger partial charge in [-0.15, -0.1) is 0 Å². The number of likely N-dealkylation sites (N-methyl/N-ethyl adjacent to an activating group) is 7. The second kappa shape index (κ2) is 38.3. The molecule has 0 aromatic heterocycles. The first-order valence-corrected chi connectivity index (χ1v) is 34.7. The van der Waals surface area contributed by atoms with Gasteiger partial charge in [-0.3, -0.25) is 67.8 Å². The fourth-order valence-electron chi connectivity index (χ4n) is 12.3. The van der Waals surface area contributed by atoms with Crippen molar-refractivity contribution in [2.24, 2.45) is 35.5 Å². The van der Waals surface area contributed by atoms with Gasteiger partial charge >= 0.3 is 12.0 Å². The molecule has 2 unspecified atom stereocenters. The van der Waals surface area contributed by atoms with Crippen LogP contribution in [0.4, 0.5) is 4.79 Å². The number of allylic oxidation sites excluding steroid dienone is 2. The quantitative estimate of drug-likeness (QED) is 0.0369. The van der Waals surface area contributed by atoms with E-state index in [0.717, 1.165) is 36.3 Å². The van der Waals surface area contributed by atoms with Crippen molar-refractivity contribution in [3.8, 4) is 0 Å². The van der Waals surface area contributed by atoms with Gasteiger partial charge in [0.15, 0.2) is 11.9 Å². The molecule has 2 aliphatic heterocycles. The zero-order valence-corrected chi connectivity index (χ0v) is 61.5. The molecule has 0 spiro atoms. The summed E-state index contributed by atoms with van der Waals surface area (Å²) >= 11 is 1.14. The Hall–Kier alpha value is -6.68. The minimum Gasteiger partial charge on any atom is -0.481 e. The third kappa shape index (κ3) is 22.4. The molecule has 13 atom stereocenters. The van der Waals surface area contributed by atoms with Crippen LogP contribution >= 0.6 is 11.8 Å². The van der Waals surface area contributed by atoms with Gasteiger partial charge in [0, 0.05) is 79.8 Å². The molecular weight excluding hydrogens is 1240 g/mol. The standard InChI is InChI=1S/C67H116N12O15S/c1-23-25-27-43(13)56(84)55-57(85)70-46(26-24-2)59(87)74(18)50(36-95-31-30-68-51(81)28-29-52(82)83)62(90)78(22)67(37-80,35-40(7)8)71-53(41(9)10)64(92)73(17)49-34-44(14)79(63(49)91)58(86)45(15)69-66(94)75(19)48(33-39(5)6)60(88)72(16)47(32-38(3)4)61(89)76(20)54(42(11)12)65(93)77(55)21/h23,25,37-50,53-56,71,84H,24,26-36H2,1-22H3,(H,68,81)(H,69,94)(H,70,85)(H,82,83)/b25-23+/t43-,44?,45?,46+,47-,48-,49+,50-,53-,54-,55-,56-,67+/m1/s1. The molecule has 0 aromatic carbocycles. The van der Waals surface area contributed by atoms with Crippen LogP contribution in [0.5, 0.6) is 0 Å². The minimum absolute atomic E-state index is 0.0181. The predicted molar refractivity (Wildman–Crippen MR) is 363 cm³/mol. The van der Waals surface area contributed by atoms with E-state index in [1.807, 2.05) is 27.7 Å². The number of rotatable bonds is 23. The smallest absolute Gasteiger partial charge is 0.318 e. The van der Waals surface area contributed by atoms with Crippen molar-refractivity contribution in [1.82, 2.24) is 60.5 Å². The molecule has 2 fully saturated rings. The van der Waals surface area contributed by atoms with Gasteiger partial charge in [0.2, 0.25) is 47.3 Å². The number of nitrogens with zero attached hydrogens (tertiary/aromatic N) is 8. The van der Waals surface area contributed by atoms with Gasteiger partial charge in [-0.25, -0.2) is 4.79 Å². The highest BCUT2D eigenvalue weighted by molar-refractivity contribution is 7.99. The van der Waals surface area contributed by atoms with E-state index in [0.29, 0.717) is 12.7 Å². The van der Waals surface area contributed by atoms with Crippen LogP contribution < -0.4 is 21.3 Å². The number of fused-ring (bicyclic) bond motifs is 2. The number of hydrogen-bond donors (Lipinski definition) is 6. The summed E-state index contributed by atoms with van der Waals surface area (Å²) in [6.07, 6.45) is 2.44. The van der Waals surface area contributed by atoms with Gasteiger partial charge in [-0.1, -0.05) is 102 Å². The van der Waals surface area contributed by atoms with E-state index in [2.05, 4.69) is 21.3 Å². The van der Waals surface area contributed by atoms with Crippen LogP contribution in [0, 0.1) is 35.5 Å². The molecule has 0 radical (unpaired) electrons. The van der Waals surface area contributed by atoms with Gasteiger partial charge in [0.05, 0.1) is 18.6 Å². The number of urea groups is 1. The van der Waals surface area contributed by atoms with Gasteiger partial charge < -0.3 is 60.5 Å². The first-order valence-electron chi connectivity index (χ1n) is 33.5. The topological polar surface area (TPSA) is 336 Å². The maximum atomic E-state index is 15.6. The van der Waals surface area contributed by atoms with Crippen molar-refractivity contribution >= 4 is 89.1 Å². The number of aliphatic hydroxyl groups is 1. The summed E-state index contributed by atoms with van der Waals surface area (Å²) in [5.41, 5.74) is -1.99. The lowest BCUT2D eigenvalue weighted by atomic mass is 9.91. The Labute approximate surface area is 568 Å². The molecule has 2 aliphatic rings. The first-order chi connectivity index (χ1) is 44.1. The van der Waals surface area contributed by atoms with Crippen molar-refractivity contribution in [1.29, 1.82) is 0 Å². The molecule has 2 rings (SSSR count). The largest absolute Gasteiger partial charge is 0.481 e. The third-order valence-corrected chi connectivity index (χ3v) is 19.1. The Kier molecular flexibility index (Phi) is 34.0. The van der Waals surface area contributed by atoms with Crippen molar-refractivity contribution in [2.75, 3.05) is 67.4 Å². The molecule has 6 N–H and O–H groups in total. The normalized spacial score (nSPS) is 27.0. The third-order valence-electron chi connectivity index (χ3n) is 18.1. The van der Waals surface area contributed by atoms with E-state index in [-0.39, 0.29) is 80.7 Å². The summed E-state index contributed by atoms with van der Waals surface area (Å²) < 4.78 is 0. The minimum atomic E-state index is -1.99. The lowest BCUT2D eigenvalue weighted by Gasteiger charge is -2.45. The summed E-state index contributed by atoms with van der Waals surface area (Å²) in [5.74, 6) is -11.1. The zero-order valence-electron chi connectivity index (χ0n) is 60.7. The molecule has 12 amide bonds.